The van der Waals surface area contributed by atoms with E-state index in [9.17, 15) is 14.7 Å². The van der Waals surface area contributed by atoms with Crippen molar-refractivity contribution in [3.63, 3.8) is 0 Å². The molecule has 2 unspecified atom stereocenters. The van der Waals surface area contributed by atoms with Crippen LogP contribution in [0.2, 0.25) is 0 Å². The summed E-state index contributed by atoms with van der Waals surface area (Å²) in [6, 6.07) is 0.301. The summed E-state index contributed by atoms with van der Waals surface area (Å²) < 4.78 is 0. The third-order valence-electron chi connectivity index (χ3n) is 4.56. The second-order valence-corrected chi connectivity index (χ2v) is 7.07. The maximum atomic E-state index is 12.5. The van der Waals surface area contributed by atoms with Crippen LogP contribution in [0.5, 0.6) is 0 Å². The molecule has 0 aromatic heterocycles. The number of aliphatic carboxylic acids is 1. The smallest absolute Gasteiger partial charge is 0.320 e. The van der Waals surface area contributed by atoms with Crippen molar-refractivity contribution in [2.45, 2.75) is 38.6 Å². The Hall–Kier alpha value is -0.910. The fraction of sp³-hybridized carbons (Fsp3) is 0.857. The molecule has 2 amide bonds. The Labute approximate surface area is 124 Å². The second kappa shape index (κ2) is 6.24. The molecule has 0 radical (unpaired) electrons. The van der Waals surface area contributed by atoms with Crippen LogP contribution in [-0.2, 0) is 4.79 Å². The standard InChI is InChI=1S/C14H24N2O3S/c1-3-5-14(12(17)18)6-7-16(10-14)13(19)15(2)11-4-8-20-9-11/h11H,3-10H2,1-2H3,(H,17,18). The van der Waals surface area contributed by atoms with E-state index in [0.29, 0.717) is 32.0 Å². The van der Waals surface area contributed by atoms with Gasteiger partial charge in [0.05, 0.1) is 5.41 Å². The lowest BCUT2D eigenvalue weighted by atomic mass is 9.83. The van der Waals surface area contributed by atoms with E-state index in [-0.39, 0.29) is 6.03 Å². The first kappa shape index (κ1) is 15.5. The molecule has 2 aliphatic rings. The molecule has 0 aromatic rings. The number of carboxylic acid groups (broad SMARTS) is 1. The highest BCUT2D eigenvalue weighted by atomic mass is 32.2. The molecule has 6 heteroatoms. The van der Waals surface area contributed by atoms with Crippen molar-refractivity contribution in [1.82, 2.24) is 9.80 Å². The number of amides is 2. The first-order valence-corrected chi connectivity index (χ1v) is 8.48. The van der Waals surface area contributed by atoms with Gasteiger partial charge in [-0.15, -0.1) is 0 Å². The van der Waals surface area contributed by atoms with Crippen LogP contribution < -0.4 is 0 Å². The second-order valence-electron chi connectivity index (χ2n) is 5.92. The number of nitrogens with zero attached hydrogens (tertiary/aromatic N) is 2. The summed E-state index contributed by atoms with van der Waals surface area (Å²) in [5, 5.41) is 9.49. The highest BCUT2D eigenvalue weighted by molar-refractivity contribution is 7.99. The van der Waals surface area contributed by atoms with E-state index in [1.165, 1.54) is 0 Å². The predicted octanol–water partition coefficient (Wildman–Crippen LogP) is 2.12. The van der Waals surface area contributed by atoms with Crippen LogP contribution in [-0.4, -0.2) is 64.6 Å². The molecule has 2 rings (SSSR count). The summed E-state index contributed by atoms with van der Waals surface area (Å²) in [5.41, 5.74) is -0.727. The number of likely N-dealkylation sites (tertiary alicyclic amines) is 1. The Morgan fingerprint density at radius 1 is 1.50 bits per heavy atom. The summed E-state index contributed by atoms with van der Waals surface area (Å²) in [6.07, 6.45) is 3.10. The van der Waals surface area contributed by atoms with Gasteiger partial charge in [0.15, 0.2) is 0 Å². The van der Waals surface area contributed by atoms with Crippen LogP contribution in [0, 0.1) is 5.41 Å². The summed E-state index contributed by atoms with van der Waals surface area (Å²) in [4.78, 5) is 27.6. The Morgan fingerprint density at radius 2 is 2.25 bits per heavy atom. The van der Waals surface area contributed by atoms with Crippen LogP contribution in [0.3, 0.4) is 0 Å². The molecule has 114 valence electrons. The molecular weight excluding hydrogens is 276 g/mol. The molecule has 20 heavy (non-hydrogen) atoms. The van der Waals surface area contributed by atoms with Crippen molar-refractivity contribution < 1.29 is 14.7 Å². The van der Waals surface area contributed by atoms with Crippen molar-refractivity contribution in [3.8, 4) is 0 Å². The van der Waals surface area contributed by atoms with Crippen LogP contribution in [0.4, 0.5) is 4.79 Å². The first-order chi connectivity index (χ1) is 9.50. The van der Waals surface area contributed by atoms with Gasteiger partial charge < -0.3 is 14.9 Å². The van der Waals surface area contributed by atoms with E-state index in [1.54, 1.807) is 4.90 Å². The molecule has 0 saturated carbocycles. The van der Waals surface area contributed by atoms with Crippen LogP contribution in [0.25, 0.3) is 0 Å². The van der Waals surface area contributed by atoms with E-state index in [0.717, 1.165) is 24.3 Å². The lowest BCUT2D eigenvalue weighted by molar-refractivity contribution is -0.148. The summed E-state index contributed by atoms with van der Waals surface area (Å²) >= 11 is 1.88. The first-order valence-electron chi connectivity index (χ1n) is 7.33. The van der Waals surface area contributed by atoms with Crippen molar-refractivity contribution in [3.05, 3.63) is 0 Å². The van der Waals surface area contributed by atoms with Crippen molar-refractivity contribution in [2.24, 2.45) is 5.41 Å². The number of hydrogen-bond donors (Lipinski definition) is 1. The molecule has 0 aromatic carbocycles. The number of carbonyl (C=O) groups excluding carboxylic acids is 1. The summed E-state index contributed by atoms with van der Waals surface area (Å²) in [5.74, 6) is 1.35. The number of hydrogen-bond acceptors (Lipinski definition) is 3. The highest BCUT2D eigenvalue weighted by Crippen LogP contribution is 2.36. The third-order valence-corrected chi connectivity index (χ3v) is 5.71. The minimum atomic E-state index is -0.756. The van der Waals surface area contributed by atoms with E-state index < -0.39 is 11.4 Å². The zero-order valence-corrected chi connectivity index (χ0v) is 13.1. The fourth-order valence-corrected chi connectivity index (χ4v) is 4.47. The molecule has 0 aliphatic carbocycles. The average Bonchev–Trinajstić information content (AvgIpc) is 3.07. The Bertz CT molecular complexity index is 385. The highest BCUT2D eigenvalue weighted by Gasteiger charge is 2.46. The van der Waals surface area contributed by atoms with Gasteiger partial charge in [-0.2, -0.15) is 11.8 Å². The van der Waals surface area contributed by atoms with E-state index in [4.69, 9.17) is 0 Å². The van der Waals surface area contributed by atoms with Gasteiger partial charge in [-0.05, 0) is 25.0 Å². The Kier molecular flexibility index (Phi) is 4.83. The van der Waals surface area contributed by atoms with Crippen LogP contribution >= 0.6 is 11.8 Å². The molecular formula is C14H24N2O3S. The molecule has 0 bridgehead atoms. The maximum Gasteiger partial charge on any atom is 0.320 e. The van der Waals surface area contributed by atoms with Gasteiger partial charge in [0.2, 0.25) is 0 Å². The molecule has 2 fully saturated rings. The number of thioether (sulfide) groups is 1. The van der Waals surface area contributed by atoms with Gasteiger partial charge in [0.25, 0.3) is 0 Å². The van der Waals surface area contributed by atoms with Crippen LogP contribution in [0.1, 0.15) is 32.6 Å². The predicted molar refractivity (Wildman–Crippen MR) is 80.1 cm³/mol. The summed E-state index contributed by atoms with van der Waals surface area (Å²) in [6.45, 7) is 2.92. The molecule has 2 aliphatic heterocycles. The largest absolute Gasteiger partial charge is 0.481 e. The Balaban J connectivity index is 2.00. The maximum absolute atomic E-state index is 12.5. The molecule has 2 heterocycles. The lowest BCUT2D eigenvalue weighted by Gasteiger charge is -2.30. The van der Waals surface area contributed by atoms with Gasteiger partial charge in [-0.1, -0.05) is 13.3 Å². The van der Waals surface area contributed by atoms with Gasteiger partial charge in [-0.25, -0.2) is 4.79 Å². The number of urea groups is 1. The molecule has 0 spiro atoms. The van der Waals surface area contributed by atoms with E-state index in [1.807, 2.05) is 30.6 Å². The van der Waals surface area contributed by atoms with Crippen molar-refractivity contribution in [1.29, 1.82) is 0 Å². The normalized spacial score (nSPS) is 29.7. The number of carboxylic acids is 1. The van der Waals surface area contributed by atoms with Crippen molar-refractivity contribution >= 4 is 23.8 Å². The van der Waals surface area contributed by atoms with Crippen molar-refractivity contribution in [2.75, 3.05) is 31.6 Å². The monoisotopic (exact) mass is 300 g/mol. The molecule has 2 atom stereocenters. The zero-order valence-electron chi connectivity index (χ0n) is 12.3. The molecule has 1 N–H and O–H groups in total. The van der Waals surface area contributed by atoms with Gasteiger partial charge in [-0.3, -0.25) is 4.79 Å². The average molecular weight is 300 g/mol. The van der Waals surface area contributed by atoms with E-state index in [2.05, 4.69) is 0 Å². The molecule has 5 nitrogen and oxygen atoms in total. The third kappa shape index (κ3) is 2.90. The van der Waals surface area contributed by atoms with Gasteiger partial charge in [0, 0.05) is 31.9 Å². The van der Waals surface area contributed by atoms with Gasteiger partial charge in [0.1, 0.15) is 0 Å². The SMILES string of the molecule is CCCC1(C(=O)O)CCN(C(=O)N(C)C2CCSC2)C1. The minimum absolute atomic E-state index is 0.00303. The fourth-order valence-electron chi connectivity index (χ4n) is 3.21. The minimum Gasteiger partial charge on any atom is -0.481 e. The number of rotatable bonds is 4. The Morgan fingerprint density at radius 3 is 2.80 bits per heavy atom. The lowest BCUT2D eigenvalue weighted by Crippen LogP contribution is -2.46. The topological polar surface area (TPSA) is 60.9 Å². The number of carbonyl (C=O) groups is 2. The van der Waals surface area contributed by atoms with E-state index >= 15 is 0 Å². The van der Waals surface area contributed by atoms with Crippen LogP contribution in [0.15, 0.2) is 0 Å². The quantitative estimate of drug-likeness (QED) is 0.864. The summed E-state index contributed by atoms with van der Waals surface area (Å²) in [7, 11) is 1.85. The zero-order chi connectivity index (χ0) is 14.8. The van der Waals surface area contributed by atoms with Gasteiger partial charge >= 0.3 is 12.0 Å². The molecule has 2 saturated heterocycles.